The van der Waals surface area contributed by atoms with Gasteiger partial charge in [-0.3, -0.25) is 4.90 Å². The maximum atomic E-state index is 12.6. The summed E-state index contributed by atoms with van der Waals surface area (Å²) in [7, 11) is 0. The van der Waals surface area contributed by atoms with Gasteiger partial charge in [-0.15, -0.1) is 11.3 Å². The van der Waals surface area contributed by atoms with E-state index in [-0.39, 0.29) is 12.8 Å². The van der Waals surface area contributed by atoms with Gasteiger partial charge in [-0.1, -0.05) is 6.07 Å². The highest BCUT2D eigenvalue weighted by Crippen LogP contribution is 2.14. The fraction of sp³-hybridized carbons (Fsp3) is 0.636. The van der Waals surface area contributed by atoms with Crippen molar-refractivity contribution in [1.29, 1.82) is 0 Å². The van der Waals surface area contributed by atoms with Crippen LogP contribution in [0.2, 0.25) is 0 Å². The molecule has 1 aliphatic heterocycles. The molecule has 0 saturated carbocycles. The van der Waals surface area contributed by atoms with Crippen molar-refractivity contribution >= 4 is 11.3 Å². The highest BCUT2D eigenvalue weighted by atomic mass is 32.1. The van der Waals surface area contributed by atoms with Crippen molar-refractivity contribution in [3.05, 3.63) is 22.4 Å². The number of hydrogen-bond donors (Lipinski definition) is 0. The number of halogens is 1. The van der Waals surface area contributed by atoms with Crippen molar-refractivity contribution in [2.45, 2.75) is 19.1 Å². The SMILES string of the molecule is FC[C@H]1CN(Cc2cccs2)CCCO1. The summed E-state index contributed by atoms with van der Waals surface area (Å²) in [6, 6.07) is 4.18. The van der Waals surface area contributed by atoms with Crippen LogP contribution >= 0.6 is 11.3 Å². The molecule has 2 heterocycles. The molecule has 1 aliphatic rings. The Bertz CT molecular complexity index is 278. The van der Waals surface area contributed by atoms with Crippen LogP contribution in [0, 0.1) is 0 Å². The normalized spacial score (nSPS) is 23.9. The largest absolute Gasteiger partial charge is 0.374 e. The smallest absolute Gasteiger partial charge is 0.117 e. The predicted octanol–water partition coefficient (Wildman–Crippen LogP) is 2.31. The van der Waals surface area contributed by atoms with Gasteiger partial charge in [0.2, 0.25) is 0 Å². The molecule has 1 aromatic rings. The topological polar surface area (TPSA) is 12.5 Å². The van der Waals surface area contributed by atoms with Gasteiger partial charge in [-0.05, 0) is 17.9 Å². The van der Waals surface area contributed by atoms with Gasteiger partial charge in [0.15, 0.2) is 0 Å². The zero-order valence-corrected chi connectivity index (χ0v) is 9.51. The molecule has 0 unspecified atom stereocenters. The number of nitrogens with zero attached hydrogens (tertiary/aromatic N) is 1. The molecular formula is C11H16FNOS. The van der Waals surface area contributed by atoms with E-state index in [1.807, 2.05) is 0 Å². The molecule has 0 bridgehead atoms. The Kier molecular flexibility index (Phi) is 4.11. The van der Waals surface area contributed by atoms with Crippen LogP contribution in [0.4, 0.5) is 4.39 Å². The average molecular weight is 229 g/mol. The Morgan fingerprint density at radius 1 is 1.60 bits per heavy atom. The minimum absolute atomic E-state index is 0.229. The lowest BCUT2D eigenvalue weighted by molar-refractivity contribution is 0.0361. The minimum atomic E-state index is -0.374. The molecule has 0 N–H and O–H groups in total. The van der Waals surface area contributed by atoms with E-state index in [4.69, 9.17) is 4.74 Å². The van der Waals surface area contributed by atoms with Crippen LogP contribution in [0.5, 0.6) is 0 Å². The Morgan fingerprint density at radius 3 is 3.27 bits per heavy atom. The van der Waals surface area contributed by atoms with Crippen LogP contribution in [0.3, 0.4) is 0 Å². The molecule has 2 nitrogen and oxygen atoms in total. The third-order valence-electron chi connectivity index (χ3n) is 2.57. The molecule has 15 heavy (non-hydrogen) atoms. The predicted molar refractivity (Wildman–Crippen MR) is 59.9 cm³/mol. The number of thiophene rings is 1. The lowest BCUT2D eigenvalue weighted by Gasteiger charge is -2.21. The third kappa shape index (κ3) is 3.26. The van der Waals surface area contributed by atoms with Crippen molar-refractivity contribution in [3.63, 3.8) is 0 Å². The van der Waals surface area contributed by atoms with E-state index in [0.29, 0.717) is 13.2 Å². The number of ether oxygens (including phenoxy) is 1. The molecule has 4 heteroatoms. The summed E-state index contributed by atoms with van der Waals surface area (Å²) >= 11 is 1.76. The summed E-state index contributed by atoms with van der Waals surface area (Å²) in [5.41, 5.74) is 0. The molecule has 84 valence electrons. The first-order valence-corrected chi connectivity index (χ1v) is 6.19. The summed E-state index contributed by atoms with van der Waals surface area (Å²) in [5, 5.41) is 2.08. The van der Waals surface area contributed by atoms with Crippen LogP contribution in [0.1, 0.15) is 11.3 Å². The summed E-state index contributed by atoms with van der Waals surface area (Å²) in [6.45, 7) is 2.97. The zero-order valence-electron chi connectivity index (χ0n) is 8.69. The van der Waals surface area contributed by atoms with Crippen LogP contribution in [-0.4, -0.2) is 37.4 Å². The van der Waals surface area contributed by atoms with Gasteiger partial charge in [-0.2, -0.15) is 0 Å². The fourth-order valence-corrected chi connectivity index (χ4v) is 2.58. The van der Waals surface area contributed by atoms with Crippen molar-refractivity contribution in [2.24, 2.45) is 0 Å². The highest BCUT2D eigenvalue weighted by molar-refractivity contribution is 7.09. The molecule has 2 rings (SSSR count). The second kappa shape index (κ2) is 5.58. The first kappa shape index (κ1) is 11.0. The molecule has 0 aliphatic carbocycles. The van der Waals surface area contributed by atoms with E-state index in [1.165, 1.54) is 4.88 Å². The van der Waals surface area contributed by atoms with Gasteiger partial charge in [0.1, 0.15) is 6.67 Å². The molecule has 0 aromatic carbocycles. The Labute approximate surface area is 93.7 Å². The molecule has 1 saturated heterocycles. The van der Waals surface area contributed by atoms with E-state index >= 15 is 0 Å². The van der Waals surface area contributed by atoms with E-state index in [2.05, 4.69) is 22.4 Å². The standard InChI is InChI=1S/C11H16FNOS/c12-7-10-8-13(4-2-5-14-10)9-11-3-1-6-15-11/h1,3,6,10H,2,4-5,7-9H2/t10-/m0/s1. The van der Waals surface area contributed by atoms with Gasteiger partial charge in [0.25, 0.3) is 0 Å². The lowest BCUT2D eigenvalue weighted by atomic mass is 10.3. The second-order valence-electron chi connectivity index (χ2n) is 3.82. The molecule has 1 fully saturated rings. The zero-order chi connectivity index (χ0) is 10.5. The quantitative estimate of drug-likeness (QED) is 0.788. The highest BCUT2D eigenvalue weighted by Gasteiger charge is 2.18. The second-order valence-corrected chi connectivity index (χ2v) is 4.85. The van der Waals surface area contributed by atoms with Gasteiger partial charge in [0, 0.05) is 31.1 Å². The first-order valence-electron chi connectivity index (χ1n) is 5.31. The Morgan fingerprint density at radius 2 is 2.53 bits per heavy atom. The van der Waals surface area contributed by atoms with E-state index in [1.54, 1.807) is 11.3 Å². The summed E-state index contributed by atoms with van der Waals surface area (Å²) in [4.78, 5) is 3.62. The first-order chi connectivity index (χ1) is 7.38. The van der Waals surface area contributed by atoms with Crippen molar-refractivity contribution in [1.82, 2.24) is 4.90 Å². The van der Waals surface area contributed by atoms with Crippen LogP contribution in [-0.2, 0) is 11.3 Å². The molecule has 0 spiro atoms. The van der Waals surface area contributed by atoms with Gasteiger partial charge in [0.05, 0.1) is 6.10 Å². The minimum Gasteiger partial charge on any atom is -0.374 e. The van der Waals surface area contributed by atoms with E-state index in [9.17, 15) is 4.39 Å². The molecule has 1 aromatic heterocycles. The summed E-state index contributed by atoms with van der Waals surface area (Å²) in [5.74, 6) is 0. The molecule has 1 atom stereocenters. The molecular weight excluding hydrogens is 213 g/mol. The summed E-state index contributed by atoms with van der Waals surface area (Å²) in [6.07, 6.45) is 0.773. The van der Waals surface area contributed by atoms with Gasteiger partial charge in [-0.25, -0.2) is 4.39 Å². The van der Waals surface area contributed by atoms with Gasteiger partial charge >= 0.3 is 0 Å². The van der Waals surface area contributed by atoms with Gasteiger partial charge < -0.3 is 4.74 Å². The fourth-order valence-electron chi connectivity index (χ4n) is 1.83. The Hall–Kier alpha value is -0.450. The average Bonchev–Trinajstić information content (AvgIpc) is 2.64. The maximum absolute atomic E-state index is 12.6. The van der Waals surface area contributed by atoms with E-state index < -0.39 is 0 Å². The van der Waals surface area contributed by atoms with Crippen molar-refractivity contribution in [2.75, 3.05) is 26.4 Å². The van der Waals surface area contributed by atoms with Crippen molar-refractivity contribution in [3.8, 4) is 0 Å². The number of hydrogen-bond acceptors (Lipinski definition) is 3. The molecule has 0 radical (unpaired) electrons. The monoisotopic (exact) mass is 229 g/mol. The van der Waals surface area contributed by atoms with E-state index in [0.717, 1.165) is 19.5 Å². The summed E-state index contributed by atoms with van der Waals surface area (Å²) < 4.78 is 18.0. The third-order valence-corrected chi connectivity index (χ3v) is 3.43. The Balaban J connectivity index is 1.90. The lowest BCUT2D eigenvalue weighted by Crippen LogP contribution is -2.32. The van der Waals surface area contributed by atoms with Crippen LogP contribution in [0.25, 0.3) is 0 Å². The number of alkyl halides is 1. The van der Waals surface area contributed by atoms with Crippen LogP contribution < -0.4 is 0 Å². The number of rotatable bonds is 3. The molecule has 0 amide bonds. The maximum Gasteiger partial charge on any atom is 0.117 e. The van der Waals surface area contributed by atoms with Crippen LogP contribution in [0.15, 0.2) is 17.5 Å². The van der Waals surface area contributed by atoms with Crippen molar-refractivity contribution < 1.29 is 9.13 Å².